The van der Waals surface area contributed by atoms with Gasteiger partial charge < -0.3 is 4.90 Å². The van der Waals surface area contributed by atoms with Crippen LogP contribution in [0.2, 0.25) is 0 Å². The van der Waals surface area contributed by atoms with Gasteiger partial charge in [0.1, 0.15) is 5.82 Å². The first-order valence-electron chi connectivity index (χ1n) is 6.85. The van der Waals surface area contributed by atoms with Gasteiger partial charge in [-0.3, -0.25) is 10.1 Å². The lowest BCUT2D eigenvalue weighted by Crippen LogP contribution is -2.21. The van der Waals surface area contributed by atoms with Gasteiger partial charge in [-0.2, -0.15) is 13.2 Å². The quantitative estimate of drug-likeness (QED) is 0.451. The summed E-state index contributed by atoms with van der Waals surface area (Å²) in [4.78, 5) is 11.9. The van der Waals surface area contributed by atoms with Gasteiger partial charge in [0.2, 0.25) is 0 Å². The first-order valence-corrected chi connectivity index (χ1v) is 6.85. The zero-order chi connectivity index (χ0) is 17.5. The first-order chi connectivity index (χ1) is 11.3. The SMILES string of the molecule is O=[N+]([O-])c1cccc2c1C=CN(c1ccc(C(F)(F)F)cc1F)C2. The van der Waals surface area contributed by atoms with Crippen LogP contribution in [-0.4, -0.2) is 4.92 Å². The lowest BCUT2D eigenvalue weighted by Gasteiger charge is -2.26. The third-order valence-electron chi connectivity index (χ3n) is 3.72. The van der Waals surface area contributed by atoms with E-state index in [-0.39, 0.29) is 17.9 Å². The van der Waals surface area contributed by atoms with Gasteiger partial charge in [-0.25, -0.2) is 4.39 Å². The summed E-state index contributed by atoms with van der Waals surface area (Å²) < 4.78 is 51.9. The van der Waals surface area contributed by atoms with Crippen molar-refractivity contribution < 1.29 is 22.5 Å². The van der Waals surface area contributed by atoms with Crippen LogP contribution in [0.25, 0.3) is 6.08 Å². The molecule has 0 aliphatic carbocycles. The number of anilines is 1. The van der Waals surface area contributed by atoms with Crippen molar-refractivity contribution >= 4 is 17.5 Å². The zero-order valence-corrected chi connectivity index (χ0v) is 12.0. The molecule has 0 aromatic heterocycles. The number of fused-ring (bicyclic) bond motifs is 1. The number of halogens is 4. The van der Waals surface area contributed by atoms with Crippen LogP contribution in [0.3, 0.4) is 0 Å². The Morgan fingerprint density at radius 2 is 1.92 bits per heavy atom. The van der Waals surface area contributed by atoms with Crippen molar-refractivity contribution in [1.29, 1.82) is 0 Å². The Labute approximate surface area is 133 Å². The van der Waals surface area contributed by atoms with Gasteiger partial charge in [-0.05, 0) is 29.8 Å². The van der Waals surface area contributed by atoms with Crippen LogP contribution in [0.15, 0.2) is 42.6 Å². The van der Waals surface area contributed by atoms with E-state index in [4.69, 9.17) is 0 Å². The number of alkyl halides is 3. The molecule has 0 fully saturated rings. The molecule has 1 heterocycles. The fraction of sp³-hybridized carbons (Fsp3) is 0.125. The standard InChI is InChI=1S/C16H10F4N2O2/c17-13-8-11(16(18,19)20)4-5-15(13)21-7-6-12-10(9-21)2-1-3-14(12)22(23)24/h1-8H,9H2. The Hall–Kier alpha value is -2.90. The number of hydrogen-bond acceptors (Lipinski definition) is 3. The second kappa shape index (κ2) is 5.63. The Morgan fingerprint density at radius 3 is 2.54 bits per heavy atom. The highest BCUT2D eigenvalue weighted by Gasteiger charge is 2.31. The van der Waals surface area contributed by atoms with Crippen molar-refractivity contribution in [1.82, 2.24) is 0 Å². The molecule has 1 aliphatic rings. The van der Waals surface area contributed by atoms with Crippen LogP contribution in [0.4, 0.5) is 28.9 Å². The number of rotatable bonds is 2. The molecule has 0 bridgehead atoms. The molecule has 0 spiro atoms. The van der Waals surface area contributed by atoms with E-state index >= 15 is 0 Å². The summed E-state index contributed by atoms with van der Waals surface area (Å²) in [6, 6.07) is 6.81. The van der Waals surface area contributed by atoms with Crippen LogP contribution in [0.5, 0.6) is 0 Å². The molecule has 0 unspecified atom stereocenters. The average Bonchev–Trinajstić information content (AvgIpc) is 2.52. The molecular weight excluding hydrogens is 328 g/mol. The van der Waals surface area contributed by atoms with E-state index in [1.165, 1.54) is 29.3 Å². The Bertz CT molecular complexity index is 846. The van der Waals surface area contributed by atoms with Crippen molar-refractivity contribution in [3.8, 4) is 0 Å². The van der Waals surface area contributed by atoms with E-state index in [0.29, 0.717) is 17.2 Å². The van der Waals surface area contributed by atoms with Crippen molar-refractivity contribution in [2.45, 2.75) is 12.7 Å². The molecule has 0 radical (unpaired) electrons. The summed E-state index contributed by atoms with van der Waals surface area (Å²) in [5.74, 6) is -1.01. The number of nitro groups is 1. The summed E-state index contributed by atoms with van der Waals surface area (Å²) in [5, 5.41) is 11.0. The van der Waals surface area contributed by atoms with E-state index in [9.17, 15) is 27.7 Å². The van der Waals surface area contributed by atoms with Gasteiger partial charge in [0.25, 0.3) is 5.69 Å². The molecule has 0 saturated heterocycles. The van der Waals surface area contributed by atoms with Crippen LogP contribution in [0.1, 0.15) is 16.7 Å². The van der Waals surface area contributed by atoms with E-state index in [0.717, 1.165) is 12.1 Å². The largest absolute Gasteiger partial charge is 0.416 e. The lowest BCUT2D eigenvalue weighted by molar-refractivity contribution is -0.385. The molecule has 2 aromatic rings. The molecule has 2 aromatic carbocycles. The van der Waals surface area contributed by atoms with Crippen LogP contribution in [-0.2, 0) is 12.7 Å². The van der Waals surface area contributed by atoms with Gasteiger partial charge >= 0.3 is 6.18 Å². The van der Waals surface area contributed by atoms with Crippen molar-refractivity contribution in [3.05, 3.63) is 75.2 Å². The maximum Gasteiger partial charge on any atom is 0.416 e. The van der Waals surface area contributed by atoms with Crippen molar-refractivity contribution in [3.63, 3.8) is 0 Å². The molecular formula is C16H10F4N2O2. The Kier molecular flexibility index (Phi) is 3.75. The normalized spacial score (nSPS) is 13.8. The highest BCUT2D eigenvalue weighted by atomic mass is 19.4. The molecule has 124 valence electrons. The third-order valence-corrected chi connectivity index (χ3v) is 3.72. The van der Waals surface area contributed by atoms with Crippen LogP contribution >= 0.6 is 0 Å². The first kappa shape index (κ1) is 16.0. The minimum atomic E-state index is -4.62. The lowest BCUT2D eigenvalue weighted by atomic mass is 10.0. The molecule has 0 N–H and O–H groups in total. The van der Waals surface area contributed by atoms with E-state index in [2.05, 4.69) is 0 Å². The van der Waals surface area contributed by atoms with E-state index < -0.39 is 22.5 Å². The summed E-state index contributed by atoms with van der Waals surface area (Å²) in [6.07, 6.45) is -1.75. The fourth-order valence-electron chi connectivity index (χ4n) is 2.57. The summed E-state index contributed by atoms with van der Waals surface area (Å²) in [6.45, 7) is 0.121. The molecule has 0 amide bonds. The molecule has 0 atom stereocenters. The molecule has 1 aliphatic heterocycles. The number of benzene rings is 2. The van der Waals surface area contributed by atoms with Gasteiger partial charge in [-0.1, -0.05) is 12.1 Å². The minimum Gasteiger partial charge on any atom is -0.341 e. The molecule has 8 heteroatoms. The average molecular weight is 338 g/mol. The fourth-order valence-corrected chi connectivity index (χ4v) is 2.57. The second-order valence-electron chi connectivity index (χ2n) is 5.21. The summed E-state index contributed by atoms with van der Waals surface area (Å²) in [7, 11) is 0. The minimum absolute atomic E-state index is 0.0311. The van der Waals surface area contributed by atoms with Crippen molar-refractivity contribution in [2.24, 2.45) is 0 Å². The molecule has 0 saturated carbocycles. The molecule has 4 nitrogen and oxygen atoms in total. The highest BCUT2D eigenvalue weighted by Crippen LogP contribution is 2.35. The number of nitrogens with zero attached hydrogens (tertiary/aromatic N) is 2. The van der Waals surface area contributed by atoms with Crippen molar-refractivity contribution in [2.75, 3.05) is 4.90 Å². The van der Waals surface area contributed by atoms with Gasteiger partial charge in [0.05, 0.1) is 21.7 Å². The highest BCUT2D eigenvalue weighted by molar-refractivity contribution is 5.70. The molecule has 3 rings (SSSR count). The number of nitro benzene ring substituents is 1. The Morgan fingerprint density at radius 1 is 1.17 bits per heavy atom. The summed E-state index contributed by atoms with van der Waals surface area (Å²) in [5.41, 5.74) is -0.175. The predicted octanol–water partition coefficient (Wildman–Crippen LogP) is 4.74. The Balaban J connectivity index is 1.96. The van der Waals surface area contributed by atoms with Gasteiger partial charge in [-0.15, -0.1) is 0 Å². The van der Waals surface area contributed by atoms with Gasteiger partial charge in [0, 0.05) is 18.8 Å². The van der Waals surface area contributed by atoms with E-state index in [1.54, 1.807) is 6.07 Å². The predicted molar refractivity (Wildman–Crippen MR) is 79.7 cm³/mol. The topological polar surface area (TPSA) is 46.4 Å². The van der Waals surface area contributed by atoms with Crippen LogP contribution in [0, 0.1) is 15.9 Å². The van der Waals surface area contributed by atoms with Crippen LogP contribution < -0.4 is 4.90 Å². The third kappa shape index (κ3) is 2.82. The number of hydrogen-bond donors (Lipinski definition) is 0. The second-order valence-corrected chi connectivity index (χ2v) is 5.21. The summed E-state index contributed by atoms with van der Waals surface area (Å²) >= 11 is 0. The maximum absolute atomic E-state index is 14.1. The van der Waals surface area contributed by atoms with E-state index in [1.807, 2.05) is 0 Å². The monoisotopic (exact) mass is 338 g/mol. The maximum atomic E-state index is 14.1. The smallest absolute Gasteiger partial charge is 0.341 e. The zero-order valence-electron chi connectivity index (χ0n) is 12.0. The molecule has 24 heavy (non-hydrogen) atoms. The van der Waals surface area contributed by atoms with Gasteiger partial charge in [0.15, 0.2) is 0 Å².